The third-order valence-electron chi connectivity index (χ3n) is 3.43. The third kappa shape index (κ3) is 2.89. The lowest BCUT2D eigenvalue weighted by Crippen LogP contribution is -2.27. The molecule has 1 aromatic carbocycles. The number of rotatable bonds is 3. The van der Waals surface area contributed by atoms with Crippen LogP contribution in [0.3, 0.4) is 0 Å². The van der Waals surface area contributed by atoms with E-state index in [-0.39, 0.29) is 5.56 Å². The van der Waals surface area contributed by atoms with E-state index in [9.17, 15) is 9.18 Å². The highest BCUT2D eigenvalue weighted by Gasteiger charge is 2.20. The molecule has 0 spiro atoms. The number of hydrogen-bond donors (Lipinski definition) is 1. The lowest BCUT2D eigenvalue weighted by atomic mass is 10.1. The van der Waals surface area contributed by atoms with Gasteiger partial charge in [-0.2, -0.15) is 0 Å². The maximum absolute atomic E-state index is 14.1. The Labute approximate surface area is 122 Å². The second-order valence-corrected chi connectivity index (χ2v) is 5.16. The molecule has 0 radical (unpaired) electrons. The second-order valence-electron chi connectivity index (χ2n) is 5.16. The number of aromatic nitrogens is 1. The van der Waals surface area contributed by atoms with Crippen LogP contribution in [0.5, 0.6) is 0 Å². The number of hydrogen-bond acceptors (Lipinski definition) is 4. The smallest absolute Gasteiger partial charge is 0.256 e. The predicted octanol–water partition coefficient (Wildman–Crippen LogP) is 2.59. The zero-order valence-electron chi connectivity index (χ0n) is 12.5. The van der Waals surface area contributed by atoms with E-state index in [4.69, 9.17) is 10.3 Å². The van der Waals surface area contributed by atoms with Crippen molar-refractivity contribution in [2.75, 3.05) is 12.8 Å². The first-order valence-corrected chi connectivity index (χ1v) is 6.54. The summed E-state index contributed by atoms with van der Waals surface area (Å²) >= 11 is 0. The SMILES string of the molecule is Cc1cc(N)cc(C(=O)N(C)Cc2c(C)noc2C)c1F. The number of benzene rings is 1. The molecule has 0 aliphatic heterocycles. The van der Waals surface area contributed by atoms with E-state index in [1.165, 1.54) is 17.0 Å². The van der Waals surface area contributed by atoms with Crippen LogP contribution < -0.4 is 5.73 Å². The molecule has 2 N–H and O–H groups in total. The Hall–Kier alpha value is -2.37. The van der Waals surface area contributed by atoms with Crippen LogP contribution in [0.25, 0.3) is 0 Å². The van der Waals surface area contributed by atoms with Crippen LogP contribution in [0.2, 0.25) is 0 Å². The van der Waals surface area contributed by atoms with E-state index in [1.807, 2.05) is 0 Å². The monoisotopic (exact) mass is 291 g/mol. The molecule has 5 nitrogen and oxygen atoms in total. The Morgan fingerprint density at radius 3 is 2.62 bits per heavy atom. The van der Waals surface area contributed by atoms with E-state index in [2.05, 4.69) is 5.16 Å². The quantitative estimate of drug-likeness (QED) is 0.882. The van der Waals surface area contributed by atoms with Gasteiger partial charge in [-0.3, -0.25) is 4.79 Å². The summed E-state index contributed by atoms with van der Waals surface area (Å²) in [5.41, 5.74) is 7.92. The molecule has 2 rings (SSSR count). The molecule has 0 bridgehead atoms. The van der Waals surface area contributed by atoms with Crippen molar-refractivity contribution in [3.8, 4) is 0 Å². The lowest BCUT2D eigenvalue weighted by Gasteiger charge is -2.18. The Kier molecular flexibility index (Phi) is 3.97. The van der Waals surface area contributed by atoms with E-state index in [0.29, 0.717) is 23.6 Å². The number of aryl methyl sites for hydroxylation is 3. The van der Waals surface area contributed by atoms with Gasteiger partial charge in [0, 0.05) is 18.3 Å². The molecule has 0 atom stereocenters. The van der Waals surface area contributed by atoms with Gasteiger partial charge in [-0.1, -0.05) is 5.16 Å². The summed E-state index contributed by atoms with van der Waals surface area (Å²) in [5.74, 6) is -0.320. The molecule has 0 fully saturated rings. The highest BCUT2D eigenvalue weighted by molar-refractivity contribution is 5.95. The van der Waals surface area contributed by atoms with Crippen LogP contribution in [0.15, 0.2) is 16.7 Å². The highest BCUT2D eigenvalue weighted by Crippen LogP contribution is 2.20. The van der Waals surface area contributed by atoms with Gasteiger partial charge < -0.3 is 15.2 Å². The van der Waals surface area contributed by atoms with Crippen molar-refractivity contribution in [2.24, 2.45) is 0 Å². The lowest BCUT2D eigenvalue weighted by molar-refractivity contribution is 0.0779. The van der Waals surface area contributed by atoms with Crippen LogP contribution >= 0.6 is 0 Å². The molecule has 0 saturated carbocycles. The van der Waals surface area contributed by atoms with Gasteiger partial charge in [-0.15, -0.1) is 0 Å². The molecule has 0 aliphatic carbocycles. The summed E-state index contributed by atoms with van der Waals surface area (Å²) in [4.78, 5) is 13.8. The summed E-state index contributed by atoms with van der Waals surface area (Å²) in [5, 5.41) is 3.84. The topological polar surface area (TPSA) is 72.4 Å². The van der Waals surface area contributed by atoms with Crippen LogP contribution in [-0.2, 0) is 6.54 Å². The van der Waals surface area contributed by atoms with Gasteiger partial charge in [0.1, 0.15) is 11.6 Å². The van der Waals surface area contributed by atoms with Crippen LogP contribution in [0, 0.1) is 26.6 Å². The van der Waals surface area contributed by atoms with Crippen molar-refractivity contribution >= 4 is 11.6 Å². The van der Waals surface area contributed by atoms with Crippen molar-refractivity contribution in [1.82, 2.24) is 10.1 Å². The molecule has 0 unspecified atom stereocenters. The largest absolute Gasteiger partial charge is 0.399 e. The van der Waals surface area contributed by atoms with Gasteiger partial charge in [-0.05, 0) is 38.5 Å². The number of nitrogens with two attached hydrogens (primary N) is 1. The van der Waals surface area contributed by atoms with Crippen molar-refractivity contribution in [3.63, 3.8) is 0 Å². The second kappa shape index (κ2) is 5.55. The molecule has 0 aliphatic rings. The summed E-state index contributed by atoms with van der Waals surface area (Å²) in [6, 6.07) is 2.86. The van der Waals surface area contributed by atoms with Crippen molar-refractivity contribution in [2.45, 2.75) is 27.3 Å². The summed E-state index contributed by atoms with van der Waals surface area (Å²) in [6.07, 6.45) is 0. The van der Waals surface area contributed by atoms with Crippen molar-refractivity contribution < 1.29 is 13.7 Å². The summed E-state index contributed by atoms with van der Waals surface area (Å²) in [6.45, 7) is 5.46. The normalized spacial score (nSPS) is 10.7. The van der Waals surface area contributed by atoms with E-state index >= 15 is 0 Å². The Bertz CT molecular complexity index is 675. The van der Waals surface area contributed by atoms with Gasteiger partial charge in [0.25, 0.3) is 5.91 Å². The number of amides is 1. The Balaban J connectivity index is 2.28. The molecule has 0 saturated heterocycles. The number of nitrogens with zero attached hydrogens (tertiary/aromatic N) is 2. The number of halogens is 1. The number of carbonyl (C=O) groups is 1. The molecule has 1 heterocycles. The third-order valence-corrected chi connectivity index (χ3v) is 3.43. The fourth-order valence-electron chi connectivity index (χ4n) is 2.20. The molecule has 112 valence electrons. The van der Waals surface area contributed by atoms with Gasteiger partial charge in [0.15, 0.2) is 0 Å². The first-order valence-electron chi connectivity index (χ1n) is 6.54. The fourth-order valence-corrected chi connectivity index (χ4v) is 2.20. The maximum Gasteiger partial charge on any atom is 0.256 e. The highest BCUT2D eigenvalue weighted by atomic mass is 19.1. The minimum absolute atomic E-state index is 0.0261. The molecular weight excluding hydrogens is 273 g/mol. The van der Waals surface area contributed by atoms with Crippen molar-refractivity contribution in [1.29, 1.82) is 0 Å². The average molecular weight is 291 g/mol. The molecular formula is C15H18FN3O2. The van der Waals surface area contributed by atoms with Crippen LogP contribution in [-0.4, -0.2) is 23.0 Å². The molecule has 21 heavy (non-hydrogen) atoms. The van der Waals surface area contributed by atoms with Gasteiger partial charge in [-0.25, -0.2) is 4.39 Å². The molecule has 1 amide bonds. The minimum Gasteiger partial charge on any atom is -0.399 e. The van der Waals surface area contributed by atoms with E-state index in [1.54, 1.807) is 27.8 Å². The first-order chi connectivity index (χ1) is 9.81. The van der Waals surface area contributed by atoms with Gasteiger partial charge in [0.2, 0.25) is 0 Å². The van der Waals surface area contributed by atoms with E-state index < -0.39 is 11.7 Å². The van der Waals surface area contributed by atoms with Gasteiger partial charge >= 0.3 is 0 Å². The molecule has 6 heteroatoms. The average Bonchev–Trinajstić information content (AvgIpc) is 2.73. The standard InChI is InChI=1S/C15H18FN3O2/c1-8-5-11(17)6-12(14(8)16)15(20)19(4)7-13-9(2)18-21-10(13)3/h5-6H,7,17H2,1-4H3. The van der Waals surface area contributed by atoms with Crippen molar-refractivity contribution in [3.05, 3.63) is 46.1 Å². The van der Waals surface area contributed by atoms with Gasteiger partial charge in [0.05, 0.1) is 17.8 Å². The fraction of sp³-hybridized carbons (Fsp3) is 0.333. The number of nitrogen functional groups attached to an aromatic ring is 1. The maximum atomic E-state index is 14.1. The Morgan fingerprint density at radius 1 is 1.38 bits per heavy atom. The minimum atomic E-state index is -0.542. The molecule has 1 aromatic heterocycles. The first kappa shape index (κ1) is 15.0. The van der Waals surface area contributed by atoms with Crippen LogP contribution in [0.1, 0.15) is 32.9 Å². The zero-order valence-corrected chi connectivity index (χ0v) is 12.5. The predicted molar refractivity (Wildman–Crippen MR) is 77.3 cm³/mol. The van der Waals surface area contributed by atoms with Crippen LogP contribution in [0.4, 0.5) is 10.1 Å². The Morgan fingerprint density at radius 2 is 2.05 bits per heavy atom. The molecule has 2 aromatic rings. The zero-order chi connectivity index (χ0) is 15.7. The van der Waals surface area contributed by atoms with E-state index in [0.717, 1.165) is 11.3 Å². The summed E-state index contributed by atoms with van der Waals surface area (Å²) < 4.78 is 19.2. The summed E-state index contributed by atoms with van der Waals surface area (Å²) in [7, 11) is 1.60. The number of anilines is 1. The number of carbonyl (C=O) groups excluding carboxylic acids is 1.